The average Bonchev–Trinajstić information content (AvgIpc) is 2.48. The van der Waals surface area contributed by atoms with Crippen molar-refractivity contribution in [1.82, 2.24) is 9.97 Å². The minimum Gasteiger partial charge on any atom is -0.333 e. The van der Waals surface area contributed by atoms with Gasteiger partial charge in [-0.1, -0.05) is 6.92 Å². The summed E-state index contributed by atoms with van der Waals surface area (Å²) in [6, 6.07) is 3.75. The van der Waals surface area contributed by atoms with Crippen molar-refractivity contribution in [3.63, 3.8) is 0 Å². The van der Waals surface area contributed by atoms with Gasteiger partial charge < -0.3 is 4.98 Å². The molecule has 4 heteroatoms. The van der Waals surface area contributed by atoms with Crippen molar-refractivity contribution in [1.29, 1.82) is 10.5 Å². The number of imidazole rings is 1. The second-order valence-electron chi connectivity index (χ2n) is 2.38. The van der Waals surface area contributed by atoms with Crippen LogP contribution in [0.2, 0.25) is 0 Å². The number of nitrogens with zero attached hydrogens (tertiary/aromatic N) is 3. The zero-order chi connectivity index (χ0) is 8.97. The summed E-state index contributed by atoms with van der Waals surface area (Å²) in [5.41, 5.74) is 0.460. The van der Waals surface area contributed by atoms with E-state index in [0.29, 0.717) is 5.82 Å². The Kier molecular flexibility index (Phi) is 2.45. The van der Waals surface area contributed by atoms with Gasteiger partial charge in [-0.2, -0.15) is 10.5 Å². The molecule has 0 saturated carbocycles. The average molecular weight is 160 g/mol. The van der Waals surface area contributed by atoms with Crippen LogP contribution in [0.3, 0.4) is 0 Å². The van der Waals surface area contributed by atoms with E-state index in [1.165, 1.54) is 0 Å². The SMILES string of the molecule is CCCc1nc(C#N)c(C#N)[nH]1. The van der Waals surface area contributed by atoms with E-state index in [1.807, 2.05) is 19.1 Å². The van der Waals surface area contributed by atoms with Crippen molar-refractivity contribution in [2.24, 2.45) is 0 Å². The van der Waals surface area contributed by atoms with Gasteiger partial charge in [-0.05, 0) is 6.42 Å². The highest BCUT2D eigenvalue weighted by molar-refractivity contribution is 5.36. The van der Waals surface area contributed by atoms with E-state index in [4.69, 9.17) is 10.5 Å². The minimum atomic E-state index is 0.195. The van der Waals surface area contributed by atoms with Crippen LogP contribution in [0.15, 0.2) is 0 Å². The molecule has 0 saturated heterocycles. The number of rotatable bonds is 2. The van der Waals surface area contributed by atoms with Gasteiger partial charge in [-0.3, -0.25) is 0 Å². The third-order valence-electron chi connectivity index (χ3n) is 1.46. The maximum absolute atomic E-state index is 8.56. The first-order valence-electron chi connectivity index (χ1n) is 3.71. The molecule has 0 amide bonds. The van der Waals surface area contributed by atoms with Crippen molar-refractivity contribution in [3.05, 3.63) is 17.2 Å². The van der Waals surface area contributed by atoms with Gasteiger partial charge in [0.1, 0.15) is 18.0 Å². The Morgan fingerprint density at radius 2 is 2.17 bits per heavy atom. The highest BCUT2D eigenvalue weighted by atomic mass is 14.9. The molecule has 0 spiro atoms. The number of aromatic amines is 1. The zero-order valence-electron chi connectivity index (χ0n) is 6.76. The molecule has 0 fully saturated rings. The molecule has 0 aromatic carbocycles. The van der Waals surface area contributed by atoms with Gasteiger partial charge in [0.15, 0.2) is 11.4 Å². The molecule has 0 aliphatic rings. The number of aromatic nitrogens is 2. The third kappa shape index (κ3) is 1.43. The smallest absolute Gasteiger partial charge is 0.176 e. The molecule has 1 rings (SSSR count). The summed E-state index contributed by atoms with van der Waals surface area (Å²) < 4.78 is 0. The Morgan fingerprint density at radius 1 is 1.42 bits per heavy atom. The molecule has 60 valence electrons. The van der Waals surface area contributed by atoms with Crippen LogP contribution in [0.4, 0.5) is 0 Å². The van der Waals surface area contributed by atoms with Crippen molar-refractivity contribution < 1.29 is 0 Å². The summed E-state index contributed by atoms with van der Waals surface area (Å²) in [7, 11) is 0. The largest absolute Gasteiger partial charge is 0.333 e. The molecule has 4 nitrogen and oxygen atoms in total. The first-order chi connectivity index (χ1) is 5.81. The standard InChI is InChI=1S/C8H8N4/c1-2-3-8-11-6(4-9)7(5-10)12-8/h2-3H2,1H3,(H,11,12). The molecule has 0 unspecified atom stereocenters. The summed E-state index contributed by atoms with van der Waals surface area (Å²) >= 11 is 0. The molecule has 0 radical (unpaired) electrons. The monoisotopic (exact) mass is 160 g/mol. The Balaban J connectivity index is 3.01. The highest BCUT2D eigenvalue weighted by Gasteiger charge is 2.07. The number of aryl methyl sites for hydroxylation is 1. The van der Waals surface area contributed by atoms with E-state index in [0.717, 1.165) is 12.8 Å². The number of nitriles is 2. The molecular weight excluding hydrogens is 152 g/mol. The summed E-state index contributed by atoms with van der Waals surface area (Å²) in [5.74, 6) is 0.714. The van der Waals surface area contributed by atoms with E-state index < -0.39 is 0 Å². The Labute approximate surface area is 70.5 Å². The fourth-order valence-corrected chi connectivity index (χ4v) is 0.939. The number of hydrogen-bond donors (Lipinski definition) is 1. The van der Waals surface area contributed by atoms with Crippen LogP contribution in [0.25, 0.3) is 0 Å². The van der Waals surface area contributed by atoms with E-state index in [2.05, 4.69) is 9.97 Å². The van der Waals surface area contributed by atoms with E-state index in [9.17, 15) is 0 Å². The van der Waals surface area contributed by atoms with Gasteiger partial charge in [0, 0.05) is 6.42 Å². The molecule has 0 bridgehead atoms. The van der Waals surface area contributed by atoms with Gasteiger partial charge >= 0.3 is 0 Å². The van der Waals surface area contributed by atoms with Gasteiger partial charge in [0.2, 0.25) is 0 Å². The summed E-state index contributed by atoms with van der Waals surface area (Å²) in [5, 5.41) is 17.1. The van der Waals surface area contributed by atoms with Gasteiger partial charge in [0.05, 0.1) is 0 Å². The van der Waals surface area contributed by atoms with Crippen LogP contribution in [0.1, 0.15) is 30.6 Å². The maximum Gasteiger partial charge on any atom is 0.176 e. The first-order valence-corrected chi connectivity index (χ1v) is 3.71. The number of nitrogens with one attached hydrogen (secondary N) is 1. The lowest BCUT2D eigenvalue weighted by atomic mass is 10.3. The molecular formula is C8H8N4. The quantitative estimate of drug-likeness (QED) is 0.703. The topological polar surface area (TPSA) is 76.3 Å². The van der Waals surface area contributed by atoms with Crippen molar-refractivity contribution in [3.8, 4) is 12.1 Å². The molecule has 1 aromatic heterocycles. The zero-order valence-corrected chi connectivity index (χ0v) is 6.76. The minimum absolute atomic E-state index is 0.195. The van der Waals surface area contributed by atoms with Gasteiger partial charge in [-0.25, -0.2) is 4.98 Å². The van der Waals surface area contributed by atoms with Crippen molar-refractivity contribution >= 4 is 0 Å². The third-order valence-corrected chi connectivity index (χ3v) is 1.46. The summed E-state index contributed by atoms with van der Waals surface area (Å²) in [6.07, 6.45) is 1.72. The molecule has 0 aliphatic heterocycles. The van der Waals surface area contributed by atoms with Crippen LogP contribution in [-0.2, 0) is 6.42 Å². The fourth-order valence-electron chi connectivity index (χ4n) is 0.939. The number of hydrogen-bond acceptors (Lipinski definition) is 3. The molecule has 1 heterocycles. The predicted octanol–water partition coefficient (Wildman–Crippen LogP) is 1.11. The van der Waals surface area contributed by atoms with Crippen LogP contribution in [0.5, 0.6) is 0 Å². The Hall–Kier alpha value is -1.81. The maximum atomic E-state index is 8.56. The van der Waals surface area contributed by atoms with Crippen LogP contribution >= 0.6 is 0 Å². The van der Waals surface area contributed by atoms with E-state index in [-0.39, 0.29) is 11.4 Å². The molecule has 0 aliphatic carbocycles. The number of H-pyrrole nitrogens is 1. The van der Waals surface area contributed by atoms with Crippen LogP contribution in [0, 0.1) is 22.7 Å². The first kappa shape index (κ1) is 8.29. The predicted molar refractivity (Wildman–Crippen MR) is 42.0 cm³/mol. The molecule has 0 atom stereocenters. The molecule has 1 N–H and O–H groups in total. The lowest BCUT2D eigenvalue weighted by molar-refractivity contribution is 0.854. The summed E-state index contributed by atoms with van der Waals surface area (Å²) in [4.78, 5) is 6.74. The lowest BCUT2D eigenvalue weighted by Crippen LogP contribution is -1.85. The molecule has 12 heavy (non-hydrogen) atoms. The van der Waals surface area contributed by atoms with E-state index >= 15 is 0 Å². The molecule has 1 aromatic rings. The second kappa shape index (κ2) is 3.54. The fraction of sp³-hybridized carbons (Fsp3) is 0.375. The Morgan fingerprint density at radius 3 is 2.58 bits per heavy atom. The second-order valence-corrected chi connectivity index (χ2v) is 2.38. The van der Waals surface area contributed by atoms with Crippen LogP contribution in [-0.4, -0.2) is 9.97 Å². The Bertz CT molecular complexity index is 319. The van der Waals surface area contributed by atoms with Gasteiger partial charge in [0.25, 0.3) is 0 Å². The normalized spacial score (nSPS) is 8.92. The van der Waals surface area contributed by atoms with Gasteiger partial charge in [-0.15, -0.1) is 0 Å². The van der Waals surface area contributed by atoms with Crippen molar-refractivity contribution in [2.75, 3.05) is 0 Å². The van der Waals surface area contributed by atoms with Crippen LogP contribution < -0.4 is 0 Å². The van der Waals surface area contributed by atoms with Crippen molar-refractivity contribution in [2.45, 2.75) is 19.8 Å². The lowest BCUT2D eigenvalue weighted by Gasteiger charge is -1.86. The summed E-state index contributed by atoms with van der Waals surface area (Å²) in [6.45, 7) is 2.01. The highest BCUT2D eigenvalue weighted by Crippen LogP contribution is 2.04. The van der Waals surface area contributed by atoms with E-state index in [1.54, 1.807) is 0 Å².